The Kier molecular flexibility index (Phi) is 5.15. The highest BCUT2D eigenvalue weighted by atomic mass is 35.5. The van der Waals surface area contributed by atoms with E-state index in [0.717, 1.165) is 11.6 Å². The van der Waals surface area contributed by atoms with Crippen molar-refractivity contribution in [3.63, 3.8) is 0 Å². The maximum absolute atomic E-state index is 13.0. The maximum Gasteiger partial charge on any atom is 0.275 e. The van der Waals surface area contributed by atoms with Crippen LogP contribution in [0.5, 0.6) is 0 Å². The molecule has 0 bridgehead atoms. The fourth-order valence-electron chi connectivity index (χ4n) is 2.42. The summed E-state index contributed by atoms with van der Waals surface area (Å²) in [5, 5.41) is 11.2. The summed E-state index contributed by atoms with van der Waals surface area (Å²) in [6, 6.07) is 9.36. The van der Waals surface area contributed by atoms with E-state index in [1.165, 1.54) is 17.3 Å². The number of nitrogens with zero attached hydrogens (tertiary/aromatic N) is 2. The van der Waals surface area contributed by atoms with Gasteiger partial charge < -0.3 is 0 Å². The summed E-state index contributed by atoms with van der Waals surface area (Å²) < 4.78 is 27.2. The summed E-state index contributed by atoms with van der Waals surface area (Å²) in [5.74, 6) is 0. The molecule has 2 rings (SSSR count). The molecule has 24 heavy (non-hydrogen) atoms. The second-order valence-corrected chi connectivity index (χ2v) is 7.53. The largest absolute Gasteiger partial charge is 0.275 e. The number of nitro groups is 1. The smallest absolute Gasteiger partial charge is 0.266 e. The summed E-state index contributed by atoms with van der Waals surface area (Å²) in [4.78, 5) is 10.3. The fourth-order valence-corrected chi connectivity index (χ4v) is 4.28. The number of sulfonamides is 1. The van der Waals surface area contributed by atoms with E-state index in [2.05, 4.69) is 0 Å². The molecule has 2 aromatic rings. The molecule has 128 valence electrons. The van der Waals surface area contributed by atoms with Crippen molar-refractivity contribution in [3.8, 4) is 0 Å². The van der Waals surface area contributed by atoms with Crippen molar-refractivity contribution >= 4 is 33.0 Å². The number of rotatable bonds is 5. The summed E-state index contributed by atoms with van der Waals surface area (Å²) in [6.45, 7) is 5.18. The van der Waals surface area contributed by atoms with E-state index in [9.17, 15) is 18.5 Å². The van der Waals surface area contributed by atoms with Gasteiger partial charge in [-0.1, -0.05) is 29.8 Å². The molecule has 0 atom stereocenters. The van der Waals surface area contributed by atoms with Crippen LogP contribution in [0.2, 0.25) is 5.02 Å². The van der Waals surface area contributed by atoms with Crippen LogP contribution in [-0.4, -0.2) is 19.9 Å². The minimum atomic E-state index is -3.98. The van der Waals surface area contributed by atoms with E-state index in [1.54, 1.807) is 32.0 Å². The molecule has 0 saturated heterocycles. The van der Waals surface area contributed by atoms with E-state index in [1.807, 2.05) is 6.07 Å². The second-order valence-electron chi connectivity index (χ2n) is 5.26. The number of halogens is 1. The van der Waals surface area contributed by atoms with Gasteiger partial charge in [0, 0.05) is 18.2 Å². The Morgan fingerprint density at radius 3 is 2.38 bits per heavy atom. The van der Waals surface area contributed by atoms with Crippen LogP contribution in [0.4, 0.5) is 11.4 Å². The number of para-hydroxylation sites is 1. The zero-order valence-electron chi connectivity index (χ0n) is 13.5. The molecule has 0 aromatic heterocycles. The van der Waals surface area contributed by atoms with Gasteiger partial charge in [0.25, 0.3) is 15.7 Å². The van der Waals surface area contributed by atoms with Crippen LogP contribution in [-0.2, 0) is 10.0 Å². The molecule has 0 fully saturated rings. The molecule has 0 heterocycles. The van der Waals surface area contributed by atoms with E-state index < -0.39 is 14.9 Å². The molecule has 0 spiro atoms. The van der Waals surface area contributed by atoms with Crippen molar-refractivity contribution in [2.24, 2.45) is 0 Å². The Balaban J connectivity index is 2.65. The van der Waals surface area contributed by atoms with Crippen molar-refractivity contribution in [2.45, 2.75) is 25.7 Å². The Labute approximate surface area is 145 Å². The first kappa shape index (κ1) is 18.2. The Morgan fingerprint density at radius 1 is 1.21 bits per heavy atom. The summed E-state index contributed by atoms with van der Waals surface area (Å²) in [5.41, 5.74) is 1.23. The average molecular weight is 369 g/mol. The summed E-state index contributed by atoms with van der Waals surface area (Å²) >= 11 is 6.01. The lowest BCUT2D eigenvalue weighted by Gasteiger charge is -2.24. The first-order chi connectivity index (χ1) is 11.2. The van der Waals surface area contributed by atoms with Crippen molar-refractivity contribution in [3.05, 3.63) is 62.7 Å². The van der Waals surface area contributed by atoms with Crippen molar-refractivity contribution in [2.75, 3.05) is 10.8 Å². The summed E-state index contributed by atoms with van der Waals surface area (Å²) in [6.07, 6.45) is 0. The van der Waals surface area contributed by atoms with Crippen LogP contribution in [0.1, 0.15) is 18.1 Å². The highest BCUT2D eigenvalue weighted by Gasteiger charge is 2.28. The standard InChI is InChI=1S/C16H17ClN2O4S/c1-4-18(15-8-6-5-7-11(15)2)24(22,23)13-9-14(17)12(3)16(10-13)19(20)21/h5-10H,4H2,1-3H3. The maximum atomic E-state index is 13.0. The molecular formula is C16H17ClN2O4S. The number of hydrogen-bond donors (Lipinski definition) is 0. The predicted octanol–water partition coefficient (Wildman–Crippen LogP) is 4.08. The van der Waals surface area contributed by atoms with Crippen LogP contribution in [0.15, 0.2) is 41.3 Å². The molecule has 0 aliphatic heterocycles. The van der Waals surface area contributed by atoms with Crippen LogP contribution < -0.4 is 4.31 Å². The number of benzene rings is 2. The fraction of sp³-hybridized carbons (Fsp3) is 0.250. The van der Waals surface area contributed by atoms with Crippen LogP contribution >= 0.6 is 11.6 Å². The molecular weight excluding hydrogens is 352 g/mol. The molecule has 0 radical (unpaired) electrons. The topological polar surface area (TPSA) is 80.5 Å². The zero-order valence-corrected chi connectivity index (χ0v) is 15.1. The monoisotopic (exact) mass is 368 g/mol. The highest BCUT2D eigenvalue weighted by Crippen LogP contribution is 2.33. The Morgan fingerprint density at radius 2 is 1.83 bits per heavy atom. The van der Waals surface area contributed by atoms with Crippen molar-refractivity contribution < 1.29 is 13.3 Å². The third-order valence-electron chi connectivity index (χ3n) is 3.75. The quantitative estimate of drug-likeness (QED) is 0.588. The van der Waals surface area contributed by atoms with Crippen LogP contribution in [0.25, 0.3) is 0 Å². The molecule has 0 saturated carbocycles. The lowest BCUT2D eigenvalue weighted by Crippen LogP contribution is -2.31. The second kappa shape index (κ2) is 6.78. The molecule has 0 amide bonds. The van der Waals surface area contributed by atoms with E-state index >= 15 is 0 Å². The van der Waals surface area contributed by atoms with Crippen molar-refractivity contribution in [1.29, 1.82) is 0 Å². The number of hydrogen-bond acceptors (Lipinski definition) is 4. The van der Waals surface area contributed by atoms with Crippen molar-refractivity contribution in [1.82, 2.24) is 0 Å². The van der Waals surface area contributed by atoms with Gasteiger partial charge in [0.15, 0.2) is 0 Å². The predicted molar refractivity (Wildman–Crippen MR) is 94.2 cm³/mol. The van der Waals surface area contributed by atoms with Crippen LogP contribution in [0, 0.1) is 24.0 Å². The Bertz CT molecular complexity index is 897. The zero-order chi connectivity index (χ0) is 18.1. The van der Waals surface area contributed by atoms with Gasteiger partial charge in [0.2, 0.25) is 0 Å². The van der Waals surface area contributed by atoms with Gasteiger partial charge in [0.1, 0.15) is 0 Å². The van der Waals surface area contributed by atoms with Crippen LogP contribution in [0.3, 0.4) is 0 Å². The molecule has 2 aromatic carbocycles. The third-order valence-corrected chi connectivity index (χ3v) is 6.01. The van der Waals surface area contributed by atoms with Gasteiger partial charge in [-0.05, 0) is 38.5 Å². The normalized spacial score (nSPS) is 11.3. The molecule has 0 unspecified atom stereocenters. The highest BCUT2D eigenvalue weighted by molar-refractivity contribution is 7.92. The van der Waals surface area contributed by atoms with E-state index in [0.29, 0.717) is 5.69 Å². The summed E-state index contributed by atoms with van der Waals surface area (Å²) in [7, 11) is -3.98. The lowest BCUT2D eigenvalue weighted by atomic mass is 10.2. The molecule has 8 heteroatoms. The third kappa shape index (κ3) is 3.22. The average Bonchev–Trinajstić information content (AvgIpc) is 2.51. The van der Waals surface area contributed by atoms with E-state index in [4.69, 9.17) is 11.6 Å². The molecule has 0 aliphatic rings. The molecule has 6 nitrogen and oxygen atoms in total. The minimum absolute atomic E-state index is 0.0450. The van der Waals surface area contributed by atoms with Gasteiger partial charge in [-0.2, -0.15) is 0 Å². The van der Waals surface area contributed by atoms with Gasteiger partial charge in [-0.15, -0.1) is 0 Å². The number of nitro benzene ring substituents is 1. The lowest BCUT2D eigenvalue weighted by molar-refractivity contribution is -0.385. The van der Waals surface area contributed by atoms with E-state index in [-0.39, 0.29) is 27.7 Å². The molecule has 0 aliphatic carbocycles. The first-order valence-electron chi connectivity index (χ1n) is 7.23. The number of anilines is 1. The first-order valence-corrected chi connectivity index (χ1v) is 9.04. The van der Waals surface area contributed by atoms with Gasteiger partial charge in [-0.3, -0.25) is 14.4 Å². The van der Waals surface area contributed by atoms with Gasteiger partial charge in [-0.25, -0.2) is 8.42 Å². The molecule has 0 N–H and O–H groups in total. The SMILES string of the molecule is CCN(c1ccccc1C)S(=O)(=O)c1cc(Cl)c(C)c([N+](=O)[O-])c1. The Hall–Kier alpha value is -2.12. The van der Waals surface area contributed by atoms with Gasteiger partial charge >= 0.3 is 0 Å². The van der Waals surface area contributed by atoms with Gasteiger partial charge in [0.05, 0.1) is 20.5 Å². The number of aryl methyl sites for hydroxylation is 1. The minimum Gasteiger partial charge on any atom is -0.266 e.